The van der Waals surface area contributed by atoms with Crippen LogP contribution in [0.1, 0.15) is 40.0 Å². The molecule has 0 heterocycles. The van der Waals surface area contributed by atoms with E-state index in [-0.39, 0.29) is 11.9 Å². The summed E-state index contributed by atoms with van der Waals surface area (Å²) < 4.78 is 0. The Morgan fingerprint density at radius 1 is 1.46 bits per heavy atom. The maximum atomic E-state index is 11.6. The van der Waals surface area contributed by atoms with Gasteiger partial charge in [0.1, 0.15) is 0 Å². The fraction of sp³-hybridized carbons (Fsp3) is 0.727. The summed E-state index contributed by atoms with van der Waals surface area (Å²) in [4.78, 5) is 11.6. The van der Waals surface area contributed by atoms with Crippen LogP contribution < -0.4 is 5.32 Å². The summed E-state index contributed by atoms with van der Waals surface area (Å²) in [6.45, 7) is 6.29. The Bertz CT molecular complexity index is 218. The first-order valence-electron chi connectivity index (χ1n) is 5.11. The van der Waals surface area contributed by atoms with E-state index in [2.05, 4.69) is 32.2 Å². The van der Waals surface area contributed by atoms with Crippen molar-refractivity contribution in [2.75, 3.05) is 0 Å². The molecule has 1 amide bonds. The van der Waals surface area contributed by atoms with Gasteiger partial charge in [0.25, 0.3) is 0 Å². The number of rotatable bonds is 3. The Hall–Kier alpha value is -0.790. The molecule has 0 saturated heterocycles. The summed E-state index contributed by atoms with van der Waals surface area (Å²) in [6.07, 6.45) is 5.22. The molecule has 13 heavy (non-hydrogen) atoms. The fourth-order valence-corrected chi connectivity index (χ4v) is 1.34. The van der Waals surface area contributed by atoms with Gasteiger partial charge >= 0.3 is 0 Å². The molecule has 1 aliphatic carbocycles. The molecular weight excluding hydrogens is 162 g/mol. The number of carbonyl (C=O) groups excluding carboxylic acids is 1. The van der Waals surface area contributed by atoms with E-state index >= 15 is 0 Å². The minimum Gasteiger partial charge on any atom is -0.350 e. The van der Waals surface area contributed by atoms with Crippen molar-refractivity contribution >= 4 is 5.91 Å². The Balaban J connectivity index is 2.40. The second-order valence-corrected chi connectivity index (χ2v) is 4.13. The second kappa shape index (κ2) is 4.45. The number of hydrogen-bond donors (Lipinski definition) is 1. The SMILES string of the molecule is CC(C)C(C)NC(=O)C1=CCCC1. The minimum absolute atomic E-state index is 0.138. The van der Waals surface area contributed by atoms with Crippen LogP contribution in [-0.2, 0) is 4.79 Å². The third kappa shape index (κ3) is 2.87. The van der Waals surface area contributed by atoms with Crippen LogP contribution in [0.25, 0.3) is 0 Å². The first kappa shape index (κ1) is 10.3. The van der Waals surface area contributed by atoms with Gasteiger partial charge in [-0.15, -0.1) is 0 Å². The monoisotopic (exact) mass is 181 g/mol. The molecule has 1 unspecified atom stereocenters. The maximum absolute atomic E-state index is 11.6. The van der Waals surface area contributed by atoms with Crippen molar-refractivity contribution in [2.45, 2.75) is 46.1 Å². The van der Waals surface area contributed by atoms with Crippen LogP contribution in [0.3, 0.4) is 0 Å². The number of hydrogen-bond acceptors (Lipinski definition) is 1. The molecular formula is C11H19NO. The van der Waals surface area contributed by atoms with E-state index < -0.39 is 0 Å². The van der Waals surface area contributed by atoms with E-state index in [4.69, 9.17) is 0 Å². The van der Waals surface area contributed by atoms with Crippen molar-refractivity contribution in [3.8, 4) is 0 Å². The van der Waals surface area contributed by atoms with Gasteiger partial charge in [0.2, 0.25) is 5.91 Å². The third-order valence-corrected chi connectivity index (χ3v) is 2.69. The van der Waals surface area contributed by atoms with E-state index in [9.17, 15) is 4.79 Å². The van der Waals surface area contributed by atoms with Gasteiger partial charge in [-0.1, -0.05) is 19.9 Å². The quantitative estimate of drug-likeness (QED) is 0.711. The van der Waals surface area contributed by atoms with Crippen LogP contribution in [0, 0.1) is 5.92 Å². The molecule has 0 bridgehead atoms. The number of allylic oxidation sites excluding steroid dienone is 1. The number of nitrogens with one attached hydrogen (secondary N) is 1. The molecule has 0 fully saturated rings. The predicted molar refractivity (Wildman–Crippen MR) is 54.4 cm³/mol. The lowest BCUT2D eigenvalue weighted by atomic mass is 10.1. The first-order chi connectivity index (χ1) is 6.11. The molecule has 1 aliphatic rings. The zero-order valence-corrected chi connectivity index (χ0v) is 8.76. The Labute approximate surface area is 80.4 Å². The molecule has 1 rings (SSSR count). The average molecular weight is 181 g/mol. The van der Waals surface area contributed by atoms with Crippen LogP contribution in [0.15, 0.2) is 11.6 Å². The van der Waals surface area contributed by atoms with Crippen LogP contribution in [0.2, 0.25) is 0 Å². The van der Waals surface area contributed by atoms with Crippen LogP contribution in [-0.4, -0.2) is 11.9 Å². The van der Waals surface area contributed by atoms with Crippen molar-refractivity contribution in [3.63, 3.8) is 0 Å². The van der Waals surface area contributed by atoms with Crippen molar-refractivity contribution in [3.05, 3.63) is 11.6 Å². The van der Waals surface area contributed by atoms with E-state index in [0.29, 0.717) is 5.92 Å². The highest BCUT2D eigenvalue weighted by Crippen LogP contribution is 2.17. The van der Waals surface area contributed by atoms with Crippen molar-refractivity contribution in [2.24, 2.45) is 5.92 Å². The molecule has 0 saturated carbocycles. The molecule has 0 aliphatic heterocycles. The van der Waals surface area contributed by atoms with E-state index in [0.717, 1.165) is 24.8 Å². The molecule has 1 N–H and O–H groups in total. The summed E-state index contributed by atoms with van der Waals surface area (Å²) in [5.74, 6) is 0.643. The molecule has 0 spiro atoms. The minimum atomic E-state index is 0.138. The zero-order chi connectivity index (χ0) is 9.84. The van der Waals surface area contributed by atoms with Gasteiger partial charge in [-0.2, -0.15) is 0 Å². The summed E-state index contributed by atoms with van der Waals surface area (Å²) in [7, 11) is 0. The number of amides is 1. The van der Waals surface area contributed by atoms with Gasteiger partial charge in [0, 0.05) is 11.6 Å². The number of carbonyl (C=O) groups is 1. The Morgan fingerprint density at radius 3 is 2.62 bits per heavy atom. The summed E-state index contributed by atoms with van der Waals surface area (Å²) >= 11 is 0. The predicted octanol–water partition coefficient (Wildman–Crippen LogP) is 2.26. The molecule has 74 valence electrons. The van der Waals surface area contributed by atoms with Gasteiger partial charge in [-0.05, 0) is 32.1 Å². The Kier molecular flexibility index (Phi) is 3.52. The van der Waals surface area contributed by atoms with E-state index in [1.165, 1.54) is 0 Å². The topological polar surface area (TPSA) is 29.1 Å². The van der Waals surface area contributed by atoms with Crippen molar-refractivity contribution < 1.29 is 4.79 Å². The van der Waals surface area contributed by atoms with E-state index in [1.54, 1.807) is 0 Å². The highest BCUT2D eigenvalue weighted by molar-refractivity contribution is 5.93. The molecule has 1 atom stereocenters. The molecule has 2 nitrogen and oxygen atoms in total. The third-order valence-electron chi connectivity index (χ3n) is 2.69. The average Bonchev–Trinajstić information content (AvgIpc) is 2.55. The lowest BCUT2D eigenvalue weighted by molar-refractivity contribution is -0.118. The van der Waals surface area contributed by atoms with Crippen LogP contribution in [0.5, 0.6) is 0 Å². The maximum Gasteiger partial charge on any atom is 0.247 e. The van der Waals surface area contributed by atoms with Gasteiger partial charge < -0.3 is 5.32 Å². The summed E-state index contributed by atoms with van der Waals surface area (Å²) in [5, 5.41) is 3.01. The highest BCUT2D eigenvalue weighted by atomic mass is 16.1. The molecule has 0 radical (unpaired) electrons. The molecule has 0 aromatic rings. The standard InChI is InChI=1S/C11H19NO/c1-8(2)9(3)12-11(13)10-6-4-5-7-10/h6,8-9H,4-5,7H2,1-3H3,(H,12,13). The van der Waals surface area contributed by atoms with Crippen molar-refractivity contribution in [1.82, 2.24) is 5.32 Å². The molecule has 0 aromatic carbocycles. The normalized spacial score (nSPS) is 18.6. The van der Waals surface area contributed by atoms with Gasteiger partial charge in [-0.3, -0.25) is 4.79 Å². The zero-order valence-electron chi connectivity index (χ0n) is 8.76. The van der Waals surface area contributed by atoms with Gasteiger partial charge in [0.15, 0.2) is 0 Å². The molecule has 0 aromatic heterocycles. The molecule has 2 heteroatoms. The van der Waals surface area contributed by atoms with Crippen LogP contribution >= 0.6 is 0 Å². The van der Waals surface area contributed by atoms with Gasteiger partial charge in [0.05, 0.1) is 0 Å². The fourth-order valence-electron chi connectivity index (χ4n) is 1.34. The summed E-state index contributed by atoms with van der Waals surface area (Å²) in [5.41, 5.74) is 0.979. The lowest BCUT2D eigenvalue weighted by Crippen LogP contribution is -2.36. The second-order valence-electron chi connectivity index (χ2n) is 4.13. The Morgan fingerprint density at radius 2 is 2.15 bits per heavy atom. The smallest absolute Gasteiger partial charge is 0.247 e. The van der Waals surface area contributed by atoms with Crippen molar-refractivity contribution in [1.29, 1.82) is 0 Å². The first-order valence-corrected chi connectivity index (χ1v) is 5.11. The van der Waals surface area contributed by atoms with Crippen LogP contribution in [0.4, 0.5) is 0 Å². The summed E-state index contributed by atoms with van der Waals surface area (Å²) in [6, 6.07) is 0.272. The lowest BCUT2D eigenvalue weighted by Gasteiger charge is -2.17. The largest absolute Gasteiger partial charge is 0.350 e. The highest BCUT2D eigenvalue weighted by Gasteiger charge is 2.16. The van der Waals surface area contributed by atoms with E-state index in [1.807, 2.05) is 0 Å². The van der Waals surface area contributed by atoms with Gasteiger partial charge in [-0.25, -0.2) is 0 Å².